The van der Waals surface area contributed by atoms with Crippen molar-refractivity contribution in [3.05, 3.63) is 64.2 Å². The first-order valence-electron chi connectivity index (χ1n) is 9.26. The molecule has 0 radical (unpaired) electrons. The highest BCUT2D eigenvalue weighted by Gasteiger charge is 2.17. The summed E-state index contributed by atoms with van der Waals surface area (Å²) >= 11 is 0. The van der Waals surface area contributed by atoms with Gasteiger partial charge in [0.1, 0.15) is 6.61 Å². The Hall–Kier alpha value is -2.18. The molecule has 0 bridgehead atoms. The lowest BCUT2D eigenvalue weighted by Crippen LogP contribution is -2.13. The molecule has 5 nitrogen and oxygen atoms in total. The molecule has 0 saturated carbocycles. The largest absolute Gasteiger partial charge is 0.461 e. The van der Waals surface area contributed by atoms with Gasteiger partial charge in [-0.1, -0.05) is 45.0 Å². The Morgan fingerprint density at radius 1 is 1.04 bits per heavy atom. The summed E-state index contributed by atoms with van der Waals surface area (Å²) in [5, 5.41) is 5.08. The van der Waals surface area contributed by atoms with Crippen molar-refractivity contribution in [1.82, 2.24) is 0 Å². The third-order valence-electron chi connectivity index (χ3n) is 4.81. The molecule has 2 aromatic carbocycles. The van der Waals surface area contributed by atoms with Crippen molar-refractivity contribution in [3.63, 3.8) is 0 Å². The van der Waals surface area contributed by atoms with Crippen molar-refractivity contribution in [3.8, 4) is 0 Å². The molecule has 2 rings (SSSR count). The van der Waals surface area contributed by atoms with Gasteiger partial charge in [-0.2, -0.15) is 0 Å². The molecule has 0 heterocycles. The SMILES string of the molecule is Cc1cc(C(C)(C)C)cc(C)c1COC(=O)CCc1ccc(S(N)(=O)=O)cc1. The van der Waals surface area contributed by atoms with Crippen LogP contribution in [0.25, 0.3) is 0 Å². The first-order chi connectivity index (χ1) is 12.9. The molecule has 6 heteroatoms. The molecule has 28 heavy (non-hydrogen) atoms. The Bertz CT molecular complexity index is 932. The van der Waals surface area contributed by atoms with E-state index in [1.54, 1.807) is 12.1 Å². The maximum absolute atomic E-state index is 12.1. The normalized spacial score (nSPS) is 12.1. The first kappa shape index (κ1) is 22.1. The predicted molar refractivity (Wildman–Crippen MR) is 111 cm³/mol. The fraction of sp³-hybridized carbons (Fsp3) is 0.409. The van der Waals surface area contributed by atoms with E-state index in [1.165, 1.54) is 17.7 Å². The quantitative estimate of drug-likeness (QED) is 0.741. The number of carbonyl (C=O) groups excluding carboxylic acids is 1. The molecule has 0 saturated heterocycles. The number of primary sulfonamides is 1. The molecule has 0 aliphatic heterocycles. The topological polar surface area (TPSA) is 86.5 Å². The number of esters is 1. The summed E-state index contributed by atoms with van der Waals surface area (Å²) in [4.78, 5) is 12.2. The van der Waals surface area contributed by atoms with Gasteiger partial charge in [0.15, 0.2) is 0 Å². The molecule has 0 amide bonds. The Kier molecular flexibility index (Phi) is 6.67. The summed E-state index contributed by atoms with van der Waals surface area (Å²) in [6.07, 6.45) is 0.706. The van der Waals surface area contributed by atoms with Crippen LogP contribution in [-0.4, -0.2) is 14.4 Å². The van der Waals surface area contributed by atoms with Crippen molar-refractivity contribution >= 4 is 16.0 Å². The Morgan fingerprint density at radius 3 is 2.04 bits per heavy atom. The highest BCUT2D eigenvalue weighted by molar-refractivity contribution is 7.89. The van der Waals surface area contributed by atoms with Gasteiger partial charge in [-0.15, -0.1) is 0 Å². The lowest BCUT2D eigenvalue weighted by atomic mass is 9.84. The smallest absolute Gasteiger partial charge is 0.306 e. The molecule has 152 valence electrons. The fourth-order valence-corrected chi connectivity index (χ4v) is 3.49. The van der Waals surface area contributed by atoms with Gasteiger partial charge in [0, 0.05) is 6.42 Å². The molecule has 0 aliphatic rings. The third kappa shape index (κ3) is 5.91. The van der Waals surface area contributed by atoms with Crippen molar-refractivity contribution in [2.45, 2.75) is 64.4 Å². The molecular formula is C22H29NO4S. The minimum absolute atomic E-state index is 0.0588. The molecule has 0 fully saturated rings. The molecule has 0 spiro atoms. The predicted octanol–water partition coefficient (Wildman–Crippen LogP) is 3.92. The van der Waals surface area contributed by atoms with Crippen LogP contribution in [0.4, 0.5) is 0 Å². The van der Waals surface area contributed by atoms with Crippen molar-refractivity contribution < 1.29 is 17.9 Å². The molecule has 0 aromatic heterocycles. The molecule has 2 aromatic rings. The third-order valence-corrected chi connectivity index (χ3v) is 5.74. The van der Waals surface area contributed by atoms with E-state index >= 15 is 0 Å². The van der Waals surface area contributed by atoms with E-state index in [4.69, 9.17) is 9.88 Å². The lowest BCUT2D eigenvalue weighted by Gasteiger charge is -2.22. The van der Waals surface area contributed by atoms with Crippen LogP contribution in [0.2, 0.25) is 0 Å². The van der Waals surface area contributed by atoms with Gasteiger partial charge in [-0.05, 0) is 65.6 Å². The highest BCUT2D eigenvalue weighted by atomic mass is 32.2. The van der Waals surface area contributed by atoms with Crippen LogP contribution < -0.4 is 5.14 Å². The summed E-state index contributed by atoms with van der Waals surface area (Å²) in [7, 11) is -3.70. The van der Waals surface area contributed by atoms with Gasteiger partial charge in [0.25, 0.3) is 0 Å². The van der Waals surface area contributed by atoms with E-state index in [0.29, 0.717) is 6.42 Å². The number of sulfonamides is 1. The second-order valence-electron chi connectivity index (χ2n) is 8.19. The van der Waals surface area contributed by atoms with Gasteiger partial charge in [-0.25, -0.2) is 13.6 Å². The number of hydrogen-bond acceptors (Lipinski definition) is 4. The maximum Gasteiger partial charge on any atom is 0.306 e. The molecular weight excluding hydrogens is 374 g/mol. The van der Waals surface area contributed by atoms with Crippen LogP contribution in [0, 0.1) is 13.8 Å². The zero-order valence-electron chi connectivity index (χ0n) is 17.2. The summed E-state index contributed by atoms with van der Waals surface area (Å²) in [6.45, 7) is 10.9. The van der Waals surface area contributed by atoms with Gasteiger partial charge in [0.2, 0.25) is 10.0 Å². The molecule has 0 unspecified atom stereocenters. The van der Waals surface area contributed by atoms with Crippen molar-refractivity contribution in [2.75, 3.05) is 0 Å². The number of aryl methyl sites for hydroxylation is 3. The van der Waals surface area contributed by atoms with Crippen LogP contribution in [0.15, 0.2) is 41.3 Å². The zero-order chi connectivity index (χ0) is 21.1. The van der Waals surface area contributed by atoms with Crippen molar-refractivity contribution in [2.24, 2.45) is 5.14 Å². The molecule has 0 atom stereocenters. The van der Waals surface area contributed by atoms with E-state index in [9.17, 15) is 13.2 Å². The number of ether oxygens (including phenoxy) is 1. The fourth-order valence-electron chi connectivity index (χ4n) is 2.97. The monoisotopic (exact) mass is 403 g/mol. The molecule has 0 aliphatic carbocycles. The van der Waals surface area contributed by atoms with E-state index < -0.39 is 10.0 Å². The molecule has 2 N–H and O–H groups in total. The van der Waals surface area contributed by atoms with Crippen LogP contribution in [0.3, 0.4) is 0 Å². The van der Waals surface area contributed by atoms with E-state index in [2.05, 4.69) is 32.9 Å². The summed E-state index contributed by atoms with van der Waals surface area (Å²) in [5.41, 5.74) is 5.47. The Balaban J connectivity index is 1.94. The van der Waals surface area contributed by atoms with E-state index in [0.717, 1.165) is 22.3 Å². The van der Waals surface area contributed by atoms with Gasteiger partial charge in [-0.3, -0.25) is 4.79 Å². The average Bonchev–Trinajstić information content (AvgIpc) is 2.58. The average molecular weight is 404 g/mol. The Labute approximate surface area is 168 Å². The maximum atomic E-state index is 12.1. The van der Waals surface area contributed by atoms with E-state index in [1.807, 2.05) is 13.8 Å². The number of rotatable bonds is 6. The van der Waals surface area contributed by atoms with Crippen LogP contribution in [-0.2, 0) is 38.0 Å². The summed E-state index contributed by atoms with van der Waals surface area (Å²) in [5.74, 6) is -0.283. The van der Waals surface area contributed by atoms with Gasteiger partial charge < -0.3 is 4.74 Å². The number of carbonyl (C=O) groups is 1. The van der Waals surface area contributed by atoms with Crippen LogP contribution in [0.1, 0.15) is 55.0 Å². The number of benzene rings is 2. The summed E-state index contributed by atoms with van der Waals surface area (Å²) < 4.78 is 28.0. The summed E-state index contributed by atoms with van der Waals surface area (Å²) in [6, 6.07) is 10.5. The number of hydrogen-bond donors (Lipinski definition) is 1. The van der Waals surface area contributed by atoms with Crippen LogP contribution >= 0.6 is 0 Å². The van der Waals surface area contributed by atoms with Gasteiger partial charge in [0.05, 0.1) is 4.90 Å². The number of nitrogens with two attached hydrogens (primary N) is 1. The lowest BCUT2D eigenvalue weighted by molar-refractivity contribution is -0.144. The minimum Gasteiger partial charge on any atom is -0.461 e. The van der Waals surface area contributed by atoms with Crippen LogP contribution in [0.5, 0.6) is 0 Å². The first-order valence-corrected chi connectivity index (χ1v) is 10.8. The highest BCUT2D eigenvalue weighted by Crippen LogP contribution is 2.27. The minimum atomic E-state index is -3.70. The zero-order valence-corrected chi connectivity index (χ0v) is 18.0. The Morgan fingerprint density at radius 2 is 1.57 bits per heavy atom. The second-order valence-corrected chi connectivity index (χ2v) is 9.75. The van der Waals surface area contributed by atoms with E-state index in [-0.39, 0.29) is 29.3 Å². The standard InChI is InChI=1S/C22H29NO4S/c1-15-12-18(22(3,4)5)13-16(2)20(15)14-27-21(24)11-8-17-6-9-19(10-7-17)28(23,25)26/h6-7,9-10,12-13H,8,11,14H2,1-5H3,(H2,23,25,26). The van der Waals surface area contributed by atoms with Gasteiger partial charge >= 0.3 is 5.97 Å². The van der Waals surface area contributed by atoms with Crippen molar-refractivity contribution in [1.29, 1.82) is 0 Å². The second kappa shape index (κ2) is 8.45.